The molecule has 0 fully saturated rings. The summed E-state index contributed by atoms with van der Waals surface area (Å²) in [6.07, 6.45) is 0. The Kier molecular flexibility index (Phi) is 4.72. The summed E-state index contributed by atoms with van der Waals surface area (Å²) in [6.45, 7) is 7.70. The van der Waals surface area contributed by atoms with E-state index in [1.807, 2.05) is 0 Å². The fourth-order valence-corrected chi connectivity index (χ4v) is 3.42. The highest BCUT2D eigenvalue weighted by atomic mass is 35.5. The average molecular weight is 315 g/mol. The molecule has 2 nitrogen and oxygen atoms in total. The quantitative estimate of drug-likeness (QED) is 0.851. The summed E-state index contributed by atoms with van der Waals surface area (Å²) in [5.41, 5.74) is 2.58. The van der Waals surface area contributed by atoms with Gasteiger partial charge in [0.1, 0.15) is 6.07 Å². The normalized spacial score (nSPS) is 11.0. The maximum absolute atomic E-state index is 9.10. The minimum Gasteiger partial charge on any atom is -0.380 e. The predicted octanol–water partition coefficient (Wildman–Crippen LogP) is 4.37. The van der Waals surface area contributed by atoms with Crippen molar-refractivity contribution >= 4 is 30.5 Å². The number of hydrogen-bond acceptors (Lipinski definition) is 2. The maximum atomic E-state index is 9.10. The van der Waals surface area contributed by atoms with E-state index in [0.29, 0.717) is 17.1 Å². The Morgan fingerprint density at radius 2 is 1.76 bits per heavy atom. The molecular weight excluding hydrogens is 296 g/mol. The van der Waals surface area contributed by atoms with Gasteiger partial charge < -0.3 is 5.32 Å². The summed E-state index contributed by atoms with van der Waals surface area (Å²) >= 11 is 5.98. The van der Waals surface area contributed by atoms with Crippen molar-refractivity contribution in [2.75, 3.05) is 5.32 Å². The van der Waals surface area contributed by atoms with Gasteiger partial charge in [-0.25, -0.2) is 0 Å². The van der Waals surface area contributed by atoms with Crippen molar-refractivity contribution in [1.82, 2.24) is 0 Å². The van der Waals surface area contributed by atoms with Crippen LogP contribution in [0.4, 0.5) is 5.69 Å². The first-order valence-corrected chi connectivity index (χ1v) is 10.8. The number of hydrogen-bond donors (Lipinski definition) is 1. The molecule has 2 aromatic rings. The monoisotopic (exact) mass is 314 g/mol. The van der Waals surface area contributed by atoms with E-state index in [1.165, 1.54) is 10.8 Å². The van der Waals surface area contributed by atoms with Gasteiger partial charge in [0, 0.05) is 11.6 Å². The van der Waals surface area contributed by atoms with E-state index in [4.69, 9.17) is 16.9 Å². The zero-order valence-electron chi connectivity index (χ0n) is 12.6. The van der Waals surface area contributed by atoms with Crippen molar-refractivity contribution in [2.45, 2.75) is 26.2 Å². The lowest BCUT2D eigenvalue weighted by molar-refractivity contribution is 1.15. The Bertz CT molecular complexity index is 667. The standard InChI is InChI=1S/C17H19ClN2Si/c1-21(2,3)16-8-4-13(5-9-16)12-20-17-10-15(18)7-6-14(17)11-19/h4-10,20H,12H2,1-3H3. The topological polar surface area (TPSA) is 35.8 Å². The lowest BCUT2D eigenvalue weighted by atomic mass is 10.1. The molecule has 0 unspecified atom stereocenters. The van der Waals surface area contributed by atoms with Gasteiger partial charge in [0.2, 0.25) is 0 Å². The molecule has 0 atom stereocenters. The van der Waals surface area contributed by atoms with Crippen LogP contribution in [-0.4, -0.2) is 8.07 Å². The Labute approximate surface area is 132 Å². The van der Waals surface area contributed by atoms with Crippen LogP contribution in [0, 0.1) is 11.3 Å². The van der Waals surface area contributed by atoms with Crippen LogP contribution in [-0.2, 0) is 6.54 Å². The fourth-order valence-electron chi connectivity index (χ4n) is 2.08. The molecule has 0 spiro atoms. The number of nitrogens with zero attached hydrogens (tertiary/aromatic N) is 1. The highest BCUT2D eigenvalue weighted by Gasteiger charge is 2.15. The van der Waals surface area contributed by atoms with E-state index in [1.54, 1.807) is 18.2 Å². The highest BCUT2D eigenvalue weighted by molar-refractivity contribution is 6.88. The first-order valence-electron chi connectivity index (χ1n) is 6.93. The van der Waals surface area contributed by atoms with Crippen molar-refractivity contribution in [1.29, 1.82) is 5.26 Å². The molecule has 0 heterocycles. The Morgan fingerprint density at radius 1 is 1.10 bits per heavy atom. The number of rotatable bonds is 4. The molecule has 4 heteroatoms. The molecule has 21 heavy (non-hydrogen) atoms. The van der Waals surface area contributed by atoms with Crippen LogP contribution in [0.2, 0.25) is 24.7 Å². The lowest BCUT2D eigenvalue weighted by Gasteiger charge is -2.17. The Hall–Kier alpha value is -1.76. The Balaban J connectivity index is 2.10. The number of halogens is 1. The van der Waals surface area contributed by atoms with E-state index in [9.17, 15) is 0 Å². The number of benzene rings is 2. The molecule has 0 saturated heterocycles. The summed E-state index contributed by atoms with van der Waals surface area (Å²) in [5.74, 6) is 0. The molecule has 1 N–H and O–H groups in total. The van der Waals surface area contributed by atoms with E-state index >= 15 is 0 Å². The summed E-state index contributed by atoms with van der Waals surface area (Å²) in [7, 11) is -1.25. The van der Waals surface area contributed by atoms with Crippen molar-refractivity contribution in [3.8, 4) is 6.07 Å². The van der Waals surface area contributed by atoms with Crippen LogP contribution >= 0.6 is 11.6 Å². The Morgan fingerprint density at radius 3 is 2.33 bits per heavy atom. The van der Waals surface area contributed by atoms with Gasteiger partial charge in [-0.1, -0.05) is 60.7 Å². The van der Waals surface area contributed by atoms with Gasteiger partial charge in [-0.2, -0.15) is 5.26 Å². The molecule has 0 aromatic heterocycles. The fraction of sp³-hybridized carbons (Fsp3) is 0.235. The molecule has 0 bridgehead atoms. The third-order valence-corrected chi connectivity index (χ3v) is 5.71. The third kappa shape index (κ3) is 4.10. The third-order valence-electron chi connectivity index (χ3n) is 3.40. The average Bonchev–Trinajstić information content (AvgIpc) is 2.45. The van der Waals surface area contributed by atoms with Crippen LogP contribution < -0.4 is 10.5 Å². The minimum atomic E-state index is -1.25. The van der Waals surface area contributed by atoms with E-state index < -0.39 is 8.07 Å². The van der Waals surface area contributed by atoms with Crippen molar-refractivity contribution in [3.05, 3.63) is 58.6 Å². The van der Waals surface area contributed by atoms with Crippen LogP contribution in [0.25, 0.3) is 0 Å². The second-order valence-electron chi connectivity index (χ2n) is 6.10. The molecule has 0 aliphatic rings. The van der Waals surface area contributed by atoms with Gasteiger partial charge in [-0.15, -0.1) is 0 Å². The van der Waals surface area contributed by atoms with Gasteiger partial charge in [-0.3, -0.25) is 0 Å². The maximum Gasteiger partial charge on any atom is 0.101 e. The highest BCUT2D eigenvalue weighted by Crippen LogP contribution is 2.21. The van der Waals surface area contributed by atoms with Crippen molar-refractivity contribution < 1.29 is 0 Å². The number of nitriles is 1. The zero-order valence-corrected chi connectivity index (χ0v) is 14.3. The predicted molar refractivity (Wildman–Crippen MR) is 92.9 cm³/mol. The van der Waals surface area contributed by atoms with Crippen molar-refractivity contribution in [2.24, 2.45) is 0 Å². The van der Waals surface area contributed by atoms with Crippen LogP contribution in [0.3, 0.4) is 0 Å². The molecule has 2 aromatic carbocycles. The van der Waals surface area contributed by atoms with Gasteiger partial charge >= 0.3 is 0 Å². The molecule has 0 saturated carbocycles. The summed E-state index contributed by atoms with van der Waals surface area (Å²) in [5, 5.41) is 14.5. The summed E-state index contributed by atoms with van der Waals surface area (Å²) in [6, 6.07) is 16.2. The van der Waals surface area contributed by atoms with Gasteiger partial charge in [0.25, 0.3) is 0 Å². The van der Waals surface area contributed by atoms with Crippen LogP contribution in [0.15, 0.2) is 42.5 Å². The molecule has 2 rings (SSSR count). The first kappa shape index (κ1) is 15.6. The minimum absolute atomic E-state index is 0.609. The second-order valence-corrected chi connectivity index (χ2v) is 11.6. The molecule has 108 valence electrons. The first-order chi connectivity index (χ1) is 9.90. The van der Waals surface area contributed by atoms with Gasteiger partial charge in [-0.05, 0) is 23.8 Å². The lowest BCUT2D eigenvalue weighted by Crippen LogP contribution is -2.37. The summed E-state index contributed by atoms with van der Waals surface area (Å²) < 4.78 is 0. The second kappa shape index (κ2) is 6.34. The van der Waals surface area contributed by atoms with E-state index in [2.05, 4.69) is 55.3 Å². The molecule has 0 aliphatic carbocycles. The zero-order chi connectivity index (χ0) is 15.5. The number of anilines is 1. The van der Waals surface area contributed by atoms with Gasteiger partial charge in [0.15, 0.2) is 0 Å². The van der Waals surface area contributed by atoms with Crippen LogP contribution in [0.5, 0.6) is 0 Å². The SMILES string of the molecule is C[Si](C)(C)c1ccc(CNc2cc(Cl)ccc2C#N)cc1. The number of nitrogens with one attached hydrogen (secondary N) is 1. The van der Waals surface area contributed by atoms with E-state index in [0.717, 1.165) is 5.69 Å². The van der Waals surface area contributed by atoms with E-state index in [-0.39, 0.29) is 0 Å². The van der Waals surface area contributed by atoms with Crippen molar-refractivity contribution in [3.63, 3.8) is 0 Å². The largest absolute Gasteiger partial charge is 0.380 e. The molecule has 0 aliphatic heterocycles. The molecular formula is C17H19ClN2Si. The summed E-state index contributed by atoms with van der Waals surface area (Å²) in [4.78, 5) is 0. The van der Waals surface area contributed by atoms with Gasteiger partial charge in [0.05, 0.1) is 19.3 Å². The molecule has 0 radical (unpaired) electrons. The van der Waals surface area contributed by atoms with Crippen LogP contribution in [0.1, 0.15) is 11.1 Å². The molecule has 0 amide bonds. The smallest absolute Gasteiger partial charge is 0.101 e.